The van der Waals surface area contributed by atoms with Crippen LogP contribution < -0.4 is 10.6 Å². The molecule has 2 rings (SSSR count). The Morgan fingerprint density at radius 2 is 2.11 bits per heavy atom. The molecule has 0 aliphatic carbocycles. The van der Waals surface area contributed by atoms with E-state index in [1.54, 1.807) is 6.20 Å². The van der Waals surface area contributed by atoms with E-state index in [4.69, 9.17) is 5.73 Å². The molecule has 0 saturated heterocycles. The topological polar surface area (TPSA) is 55.0 Å². The van der Waals surface area contributed by atoms with Crippen LogP contribution in [0.25, 0.3) is 0 Å². The average Bonchev–Trinajstić information content (AvgIpc) is 2.47. The van der Waals surface area contributed by atoms with Gasteiger partial charge in [-0.1, -0.05) is 13.0 Å². The van der Waals surface area contributed by atoms with E-state index in [-0.39, 0.29) is 6.04 Å². The van der Waals surface area contributed by atoms with Crippen LogP contribution in [-0.4, -0.2) is 17.0 Å². The van der Waals surface area contributed by atoms with Crippen LogP contribution in [0.3, 0.4) is 0 Å². The van der Waals surface area contributed by atoms with Crippen molar-refractivity contribution < 1.29 is 0 Å². The molecule has 0 bridgehead atoms. The maximum Gasteiger partial charge on any atom is 0.0572 e. The Labute approximate surface area is 114 Å². The van der Waals surface area contributed by atoms with E-state index in [2.05, 4.69) is 33.9 Å². The highest BCUT2D eigenvalue weighted by molar-refractivity contribution is 5.44. The third kappa shape index (κ3) is 3.51. The Bertz CT molecular complexity index is 495. The summed E-state index contributed by atoms with van der Waals surface area (Å²) in [6.07, 6.45) is 6.44. The predicted molar refractivity (Wildman–Crippen MR) is 77.8 cm³/mol. The van der Waals surface area contributed by atoms with Crippen molar-refractivity contribution >= 4 is 5.69 Å². The summed E-state index contributed by atoms with van der Waals surface area (Å²) in [6.45, 7) is 2.88. The van der Waals surface area contributed by atoms with Gasteiger partial charge >= 0.3 is 0 Å². The van der Waals surface area contributed by atoms with E-state index in [0.717, 1.165) is 24.3 Å². The van der Waals surface area contributed by atoms with Crippen molar-refractivity contribution in [2.24, 2.45) is 5.73 Å². The first-order chi connectivity index (χ1) is 9.20. The van der Waals surface area contributed by atoms with Gasteiger partial charge in [-0.15, -0.1) is 0 Å². The van der Waals surface area contributed by atoms with Crippen LogP contribution in [0, 0.1) is 0 Å². The normalized spacial score (nSPS) is 12.2. The van der Waals surface area contributed by atoms with E-state index >= 15 is 0 Å². The second kappa shape index (κ2) is 6.29. The molecular weight excluding hydrogens is 236 g/mol. The van der Waals surface area contributed by atoms with Gasteiger partial charge in [-0.2, -0.15) is 0 Å². The Kier molecular flexibility index (Phi) is 4.47. The highest BCUT2D eigenvalue weighted by atomic mass is 15.1. The molecule has 0 radical (unpaired) electrons. The van der Waals surface area contributed by atoms with Gasteiger partial charge in [-0.3, -0.25) is 9.97 Å². The third-order valence-electron chi connectivity index (χ3n) is 3.17. The van der Waals surface area contributed by atoms with Gasteiger partial charge in [-0.25, -0.2) is 0 Å². The van der Waals surface area contributed by atoms with Crippen LogP contribution >= 0.6 is 0 Å². The van der Waals surface area contributed by atoms with Gasteiger partial charge in [0.15, 0.2) is 0 Å². The van der Waals surface area contributed by atoms with E-state index < -0.39 is 0 Å². The van der Waals surface area contributed by atoms with E-state index in [9.17, 15) is 0 Å². The summed E-state index contributed by atoms with van der Waals surface area (Å²) in [6, 6.07) is 8.11. The number of nitrogens with zero attached hydrogens (tertiary/aromatic N) is 3. The van der Waals surface area contributed by atoms with Gasteiger partial charge in [-0.05, 0) is 30.2 Å². The smallest absolute Gasteiger partial charge is 0.0572 e. The van der Waals surface area contributed by atoms with Gasteiger partial charge in [0.25, 0.3) is 0 Å². The zero-order valence-corrected chi connectivity index (χ0v) is 11.5. The molecule has 0 aliphatic heterocycles. The first kappa shape index (κ1) is 13.5. The van der Waals surface area contributed by atoms with Crippen molar-refractivity contribution in [3.63, 3.8) is 0 Å². The zero-order valence-electron chi connectivity index (χ0n) is 11.5. The Morgan fingerprint density at radius 1 is 1.26 bits per heavy atom. The van der Waals surface area contributed by atoms with Crippen molar-refractivity contribution in [2.45, 2.75) is 25.9 Å². The molecule has 0 fully saturated rings. The van der Waals surface area contributed by atoms with Gasteiger partial charge < -0.3 is 10.6 Å². The SMILES string of the molecule is CC[C@@H](N)c1ccc(N(C)Cc2cccnc2)cn1. The summed E-state index contributed by atoms with van der Waals surface area (Å²) in [5.74, 6) is 0. The molecule has 2 N–H and O–H groups in total. The van der Waals surface area contributed by atoms with Crippen LogP contribution in [0.1, 0.15) is 30.6 Å². The minimum absolute atomic E-state index is 0.0256. The molecule has 2 heterocycles. The van der Waals surface area contributed by atoms with Crippen molar-refractivity contribution in [1.82, 2.24) is 9.97 Å². The fourth-order valence-electron chi connectivity index (χ4n) is 1.91. The minimum Gasteiger partial charge on any atom is -0.369 e. The summed E-state index contributed by atoms with van der Waals surface area (Å²) >= 11 is 0. The first-order valence-corrected chi connectivity index (χ1v) is 6.52. The molecule has 4 nitrogen and oxygen atoms in total. The summed E-state index contributed by atoms with van der Waals surface area (Å²) in [7, 11) is 2.05. The van der Waals surface area contributed by atoms with Gasteiger partial charge in [0.05, 0.1) is 17.6 Å². The summed E-state index contributed by atoms with van der Waals surface area (Å²) in [5.41, 5.74) is 9.16. The number of pyridine rings is 2. The summed E-state index contributed by atoms with van der Waals surface area (Å²) in [5, 5.41) is 0. The molecule has 0 aromatic carbocycles. The molecule has 0 amide bonds. The molecule has 4 heteroatoms. The van der Waals surface area contributed by atoms with Gasteiger partial charge in [0.1, 0.15) is 0 Å². The highest BCUT2D eigenvalue weighted by Gasteiger charge is 2.06. The molecule has 2 aromatic heterocycles. The van der Waals surface area contributed by atoms with Crippen molar-refractivity contribution in [3.8, 4) is 0 Å². The lowest BCUT2D eigenvalue weighted by Crippen LogP contribution is -2.17. The van der Waals surface area contributed by atoms with Crippen molar-refractivity contribution in [2.75, 3.05) is 11.9 Å². The van der Waals surface area contributed by atoms with E-state index in [0.29, 0.717) is 0 Å². The molecule has 0 spiro atoms. The highest BCUT2D eigenvalue weighted by Crippen LogP contribution is 2.17. The van der Waals surface area contributed by atoms with E-state index in [1.807, 2.05) is 31.6 Å². The second-order valence-electron chi connectivity index (χ2n) is 4.67. The van der Waals surface area contributed by atoms with Gasteiger partial charge in [0, 0.05) is 32.0 Å². The third-order valence-corrected chi connectivity index (χ3v) is 3.17. The number of aromatic nitrogens is 2. The molecule has 0 unspecified atom stereocenters. The molecule has 100 valence electrons. The number of hydrogen-bond acceptors (Lipinski definition) is 4. The Balaban J connectivity index is 2.05. The van der Waals surface area contributed by atoms with Gasteiger partial charge in [0.2, 0.25) is 0 Å². The number of anilines is 1. The molecule has 0 aliphatic rings. The van der Waals surface area contributed by atoms with Crippen molar-refractivity contribution in [1.29, 1.82) is 0 Å². The predicted octanol–water partition coefficient (Wildman–Crippen LogP) is 2.52. The fourth-order valence-corrected chi connectivity index (χ4v) is 1.91. The number of rotatable bonds is 5. The number of nitrogens with two attached hydrogens (primary N) is 1. The second-order valence-corrected chi connectivity index (χ2v) is 4.67. The summed E-state index contributed by atoms with van der Waals surface area (Å²) in [4.78, 5) is 10.7. The minimum atomic E-state index is 0.0256. The first-order valence-electron chi connectivity index (χ1n) is 6.52. The number of hydrogen-bond donors (Lipinski definition) is 1. The maximum absolute atomic E-state index is 5.96. The van der Waals surface area contributed by atoms with E-state index in [1.165, 1.54) is 5.56 Å². The lowest BCUT2D eigenvalue weighted by molar-refractivity contribution is 0.675. The van der Waals surface area contributed by atoms with Crippen molar-refractivity contribution in [3.05, 3.63) is 54.1 Å². The fraction of sp³-hybridized carbons (Fsp3) is 0.333. The quantitative estimate of drug-likeness (QED) is 0.893. The Morgan fingerprint density at radius 3 is 2.68 bits per heavy atom. The summed E-state index contributed by atoms with van der Waals surface area (Å²) < 4.78 is 0. The largest absolute Gasteiger partial charge is 0.369 e. The molecule has 1 atom stereocenters. The van der Waals surface area contributed by atoms with Crippen LogP contribution in [0.2, 0.25) is 0 Å². The average molecular weight is 256 g/mol. The Hall–Kier alpha value is -1.94. The van der Waals surface area contributed by atoms with Crippen LogP contribution in [0.15, 0.2) is 42.9 Å². The zero-order chi connectivity index (χ0) is 13.7. The molecule has 19 heavy (non-hydrogen) atoms. The maximum atomic E-state index is 5.96. The standard InChI is InChI=1S/C15H20N4/c1-3-14(16)15-7-6-13(10-18-15)19(2)11-12-5-4-8-17-9-12/h4-10,14H,3,11,16H2,1-2H3/t14-/m1/s1. The molecule has 0 saturated carbocycles. The molecule has 2 aromatic rings. The monoisotopic (exact) mass is 256 g/mol. The lowest BCUT2D eigenvalue weighted by atomic mass is 10.1. The van der Waals surface area contributed by atoms with Crippen LogP contribution in [-0.2, 0) is 6.54 Å². The van der Waals surface area contributed by atoms with Crippen LogP contribution in [0.4, 0.5) is 5.69 Å². The molecular formula is C15H20N4. The lowest BCUT2D eigenvalue weighted by Gasteiger charge is -2.19. The van der Waals surface area contributed by atoms with Crippen LogP contribution in [0.5, 0.6) is 0 Å².